The van der Waals surface area contributed by atoms with E-state index in [2.05, 4.69) is 12.2 Å². The maximum absolute atomic E-state index is 5.97. The largest absolute Gasteiger partial charge is 0.369 e. The summed E-state index contributed by atoms with van der Waals surface area (Å²) in [4.78, 5) is 0. The van der Waals surface area contributed by atoms with Crippen LogP contribution in [0.15, 0.2) is 0 Å². The summed E-state index contributed by atoms with van der Waals surface area (Å²) < 4.78 is 5.97. The molecule has 64 valence electrons. The van der Waals surface area contributed by atoms with Gasteiger partial charge in [-0.15, -0.1) is 0 Å². The standard InChI is InChI=1S/C9H17NO/c1-8-6-10-7-9(11-8)4-2-3-5-9/h8,10H,2-7H2,1H3/t8-/m1/s1. The Morgan fingerprint density at radius 2 is 2.09 bits per heavy atom. The van der Waals surface area contributed by atoms with Crippen molar-refractivity contribution in [3.8, 4) is 0 Å². The van der Waals surface area contributed by atoms with Gasteiger partial charge in [-0.25, -0.2) is 0 Å². The van der Waals surface area contributed by atoms with E-state index in [4.69, 9.17) is 4.74 Å². The second kappa shape index (κ2) is 2.76. The van der Waals surface area contributed by atoms with E-state index in [9.17, 15) is 0 Å². The highest BCUT2D eigenvalue weighted by atomic mass is 16.5. The lowest BCUT2D eigenvalue weighted by atomic mass is 10.00. The molecule has 2 rings (SSSR count). The summed E-state index contributed by atoms with van der Waals surface area (Å²) in [7, 11) is 0. The topological polar surface area (TPSA) is 21.3 Å². The lowest BCUT2D eigenvalue weighted by Crippen LogP contribution is -2.51. The van der Waals surface area contributed by atoms with E-state index in [1.54, 1.807) is 0 Å². The van der Waals surface area contributed by atoms with Crippen molar-refractivity contribution < 1.29 is 4.74 Å². The molecule has 1 aliphatic carbocycles. The van der Waals surface area contributed by atoms with Crippen LogP contribution in [-0.4, -0.2) is 24.8 Å². The van der Waals surface area contributed by atoms with E-state index in [0.717, 1.165) is 13.1 Å². The zero-order valence-electron chi connectivity index (χ0n) is 7.23. The fraction of sp³-hybridized carbons (Fsp3) is 1.00. The highest BCUT2D eigenvalue weighted by molar-refractivity contribution is 4.92. The molecule has 1 saturated carbocycles. The predicted octanol–water partition coefficient (Wildman–Crippen LogP) is 1.31. The quantitative estimate of drug-likeness (QED) is 0.569. The predicted molar refractivity (Wildman–Crippen MR) is 44.6 cm³/mol. The number of ether oxygens (including phenoxy) is 1. The first kappa shape index (κ1) is 7.56. The van der Waals surface area contributed by atoms with Crippen LogP contribution in [0.1, 0.15) is 32.6 Å². The number of nitrogens with one attached hydrogen (secondary N) is 1. The van der Waals surface area contributed by atoms with Crippen LogP contribution in [0.3, 0.4) is 0 Å². The fourth-order valence-corrected chi connectivity index (χ4v) is 2.33. The summed E-state index contributed by atoms with van der Waals surface area (Å²) in [6, 6.07) is 0. The smallest absolute Gasteiger partial charge is 0.0810 e. The van der Waals surface area contributed by atoms with Crippen LogP contribution in [0.5, 0.6) is 0 Å². The average molecular weight is 155 g/mol. The molecular formula is C9H17NO. The van der Waals surface area contributed by atoms with Crippen LogP contribution >= 0.6 is 0 Å². The van der Waals surface area contributed by atoms with Gasteiger partial charge in [0, 0.05) is 13.1 Å². The molecule has 2 nitrogen and oxygen atoms in total. The van der Waals surface area contributed by atoms with Gasteiger partial charge in [0.15, 0.2) is 0 Å². The third-order valence-corrected chi connectivity index (χ3v) is 2.84. The van der Waals surface area contributed by atoms with Crippen LogP contribution in [0.4, 0.5) is 0 Å². The van der Waals surface area contributed by atoms with Crippen LogP contribution in [-0.2, 0) is 4.74 Å². The van der Waals surface area contributed by atoms with Gasteiger partial charge in [-0.2, -0.15) is 0 Å². The van der Waals surface area contributed by atoms with Gasteiger partial charge in [-0.05, 0) is 19.8 Å². The Balaban J connectivity index is 2.00. The Labute approximate surface area is 68.3 Å². The molecule has 1 saturated heterocycles. The van der Waals surface area contributed by atoms with Crippen molar-refractivity contribution in [3.63, 3.8) is 0 Å². The fourth-order valence-electron chi connectivity index (χ4n) is 2.33. The summed E-state index contributed by atoms with van der Waals surface area (Å²) in [5.41, 5.74) is 0.234. The first-order chi connectivity index (χ1) is 5.31. The second-order valence-electron chi connectivity index (χ2n) is 3.95. The highest BCUT2D eigenvalue weighted by Gasteiger charge is 2.38. The van der Waals surface area contributed by atoms with Gasteiger partial charge in [0.25, 0.3) is 0 Å². The lowest BCUT2D eigenvalue weighted by molar-refractivity contribution is -0.104. The Morgan fingerprint density at radius 3 is 2.73 bits per heavy atom. The van der Waals surface area contributed by atoms with Crippen LogP contribution in [0.25, 0.3) is 0 Å². The van der Waals surface area contributed by atoms with E-state index in [-0.39, 0.29) is 5.60 Å². The lowest BCUT2D eigenvalue weighted by Gasteiger charge is -2.37. The monoisotopic (exact) mass is 155 g/mol. The number of hydrogen-bond donors (Lipinski definition) is 1. The average Bonchev–Trinajstić information content (AvgIpc) is 2.37. The van der Waals surface area contributed by atoms with Gasteiger partial charge in [0.05, 0.1) is 11.7 Å². The second-order valence-corrected chi connectivity index (χ2v) is 3.95. The summed E-state index contributed by atoms with van der Waals surface area (Å²) in [6.07, 6.45) is 5.67. The number of morpholine rings is 1. The van der Waals surface area contributed by atoms with Crippen LogP contribution < -0.4 is 5.32 Å². The van der Waals surface area contributed by atoms with Crippen LogP contribution in [0, 0.1) is 0 Å². The zero-order valence-corrected chi connectivity index (χ0v) is 7.23. The van der Waals surface area contributed by atoms with E-state index in [0.29, 0.717) is 6.10 Å². The van der Waals surface area contributed by atoms with Crippen LogP contribution in [0.2, 0.25) is 0 Å². The van der Waals surface area contributed by atoms with Crippen molar-refractivity contribution in [2.75, 3.05) is 13.1 Å². The van der Waals surface area contributed by atoms with Gasteiger partial charge in [0.1, 0.15) is 0 Å². The molecule has 2 aliphatic rings. The maximum Gasteiger partial charge on any atom is 0.0810 e. The molecule has 2 fully saturated rings. The van der Waals surface area contributed by atoms with Crippen molar-refractivity contribution in [2.24, 2.45) is 0 Å². The Bertz CT molecular complexity index is 140. The number of hydrogen-bond acceptors (Lipinski definition) is 2. The maximum atomic E-state index is 5.97. The molecule has 0 aromatic carbocycles. The molecule has 11 heavy (non-hydrogen) atoms. The SMILES string of the molecule is C[C@@H]1CNCC2(CCCC2)O1. The molecule has 1 heterocycles. The molecule has 2 heteroatoms. The first-order valence-corrected chi connectivity index (χ1v) is 4.69. The molecule has 0 aromatic rings. The molecule has 0 radical (unpaired) electrons. The molecule has 0 bridgehead atoms. The van der Waals surface area contributed by atoms with Gasteiger partial charge < -0.3 is 10.1 Å². The first-order valence-electron chi connectivity index (χ1n) is 4.69. The van der Waals surface area contributed by atoms with E-state index < -0.39 is 0 Å². The Morgan fingerprint density at radius 1 is 1.36 bits per heavy atom. The van der Waals surface area contributed by atoms with Crippen molar-refractivity contribution >= 4 is 0 Å². The van der Waals surface area contributed by atoms with Crippen molar-refractivity contribution in [2.45, 2.75) is 44.3 Å². The van der Waals surface area contributed by atoms with Gasteiger partial charge in [-0.3, -0.25) is 0 Å². The summed E-state index contributed by atoms with van der Waals surface area (Å²) >= 11 is 0. The van der Waals surface area contributed by atoms with Gasteiger partial charge in [0.2, 0.25) is 0 Å². The van der Waals surface area contributed by atoms with Crippen molar-refractivity contribution in [1.82, 2.24) is 5.32 Å². The molecule has 1 spiro atoms. The third-order valence-electron chi connectivity index (χ3n) is 2.84. The minimum absolute atomic E-state index is 0.234. The Hall–Kier alpha value is -0.0800. The molecular weight excluding hydrogens is 138 g/mol. The van der Waals surface area contributed by atoms with Gasteiger partial charge >= 0.3 is 0 Å². The zero-order chi connectivity index (χ0) is 7.73. The summed E-state index contributed by atoms with van der Waals surface area (Å²) in [5.74, 6) is 0. The van der Waals surface area contributed by atoms with Crippen molar-refractivity contribution in [1.29, 1.82) is 0 Å². The normalized spacial score (nSPS) is 36.3. The highest BCUT2D eigenvalue weighted by Crippen LogP contribution is 2.34. The summed E-state index contributed by atoms with van der Waals surface area (Å²) in [6.45, 7) is 4.27. The van der Waals surface area contributed by atoms with E-state index >= 15 is 0 Å². The number of rotatable bonds is 0. The van der Waals surface area contributed by atoms with E-state index in [1.807, 2.05) is 0 Å². The van der Waals surface area contributed by atoms with Crippen molar-refractivity contribution in [3.05, 3.63) is 0 Å². The minimum Gasteiger partial charge on any atom is -0.369 e. The van der Waals surface area contributed by atoms with Gasteiger partial charge in [-0.1, -0.05) is 12.8 Å². The molecule has 1 atom stereocenters. The summed E-state index contributed by atoms with van der Waals surface area (Å²) in [5, 5.41) is 3.44. The molecule has 0 unspecified atom stereocenters. The molecule has 1 aliphatic heterocycles. The van der Waals surface area contributed by atoms with E-state index in [1.165, 1.54) is 25.7 Å². The molecule has 0 amide bonds. The third kappa shape index (κ3) is 1.42. The minimum atomic E-state index is 0.234. The Kier molecular flexibility index (Phi) is 1.90. The molecule has 1 N–H and O–H groups in total. The molecule has 0 aromatic heterocycles.